The van der Waals surface area contributed by atoms with Gasteiger partial charge in [0.1, 0.15) is 12.6 Å². The number of ether oxygens (including phenoxy) is 2. The van der Waals surface area contributed by atoms with Crippen molar-refractivity contribution < 1.29 is 19.1 Å². The summed E-state index contributed by atoms with van der Waals surface area (Å²) in [5, 5.41) is 0. The lowest BCUT2D eigenvalue weighted by Crippen LogP contribution is -2.53. The van der Waals surface area contributed by atoms with Crippen LogP contribution in [0.5, 0.6) is 11.5 Å². The van der Waals surface area contributed by atoms with E-state index in [1.54, 1.807) is 15.9 Å². The molecule has 2 amide bonds. The number of benzene rings is 1. The summed E-state index contributed by atoms with van der Waals surface area (Å²) in [4.78, 5) is 29.0. The van der Waals surface area contributed by atoms with Gasteiger partial charge in [0, 0.05) is 19.6 Å². The first-order chi connectivity index (χ1) is 11.7. The number of fused-ring (bicyclic) bond motifs is 1. The second kappa shape index (κ2) is 7.11. The van der Waals surface area contributed by atoms with Crippen LogP contribution in [-0.2, 0) is 9.59 Å². The smallest absolute Gasteiger partial charge is 0.267 e. The maximum absolute atomic E-state index is 12.9. The molecule has 2 aliphatic rings. The lowest BCUT2D eigenvalue weighted by molar-refractivity contribution is -0.149. The molecule has 0 unspecified atom stereocenters. The molecule has 0 aromatic heterocycles. The Labute approximate surface area is 142 Å². The van der Waals surface area contributed by atoms with E-state index < -0.39 is 6.10 Å². The Morgan fingerprint density at radius 3 is 2.62 bits per heavy atom. The molecule has 6 heteroatoms. The predicted octanol–water partition coefficient (Wildman–Crippen LogP) is 1.69. The van der Waals surface area contributed by atoms with Crippen molar-refractivity contribution in [1.82, 2.24) is 9.80 Å². The average Bonchev–Trinajstić information content (AvgIpc) is 3.11. The van der Waals surface area contributed by atoms with E-state index in [0.29, 0.717) is 37.6 Å². The number of carbonyl (C=O) groups is 2. The van der Waals surface area contributed by atoms with Crippen molar-refractivity contribution >= 4 is 11.8 Å². The summed E-state index contributed by atoms with van der Waals surface area (Å²) in [7, 11) is 0. The molecule has 0 saturated carbocycles. The van der Waals surface area contributed by atoms with E-state index >= 15 is 0 Å². The van der Waals surface area contributed by atoms with Crippen molar-refractivity contribution in [3.8, 4) is 11.5 Å². The van der Waals surface area contributed by atoms with E-state index in [1.807, 2.05) is 32.0 Å². The fourth-order valence-corrected chi connectivity index (χ4v) is 3.36. The monoisotopic (exact) mass is 332 g/mol. The largest absolute Gasteiger partial charge is 0.485 e. The Morgan fingerprint density at radius 2 is 1.92 bits per heavy atom. The lowest BCUT2D eigenvalue weighted by atomic mass is 10.1. The summed E-state index contributed by atoms with van der Waals surface area (Å²) >= 11 is 0. The molecular weight excluding hydrogens is 308 g/mol. The van der Waals surface area contributed by atoms with Crippen LogP contribution in [0.2, 0.25) is 0 Å². The van der Waals surface area contributed by atoms with E-state index in [0.717, 1.165) is 6.42 Å². The number of hydrogen-bond donors (Lipinski definition) is 0. The quantitative estimate of drug-likeness (QED) is 0.842. The zero-order valence-electron chi connectivity index (χ0n) is 14.2. The summed E-state index contributed by atoms with van der Waals surface area (Å²) in [6.07, 6.45) is 0.865. The Bertz CT molecular complexity index is 615. The van der Waals surface area contributed by atoms with E-state index in [4.69, 9.17) is 9.47 Å². The number of para-hydroxylation sites is 2. The third kappa shape index (κ3) is 3.05. The summed E-state index contributed by atoms with van der Waals surface area (Å²) < 4.78 is 11.4. The minimum Gasteiger partial charge on any atom is -0.485 e. The third-order valence-electron chi connectivity index (χ3n) is 4.68. The normalized spacial score (nSPS) is 22.3. The van der Waals surface area contributed by atoms with Crippen LogP contribution in [0.15, 0.2) is 24.3 Å². The number of nitrogens with zero attached hydrogens (tertiary/aromatic N) is 2. The molecule has 0 radical (unpaired) electrons. The highest BCUT2D eigenvalue weighted by Crippen LogP contribution is 2.32. The maximum Gasteiger partial charge on any atom is 0.267 e. The number of carbonyl (C=O) groups excluding carboxylic acids is 2. The molecule has 6 nitrogen and oxygen atoms in total. The van der Waals surface area contributed by atoms with E-state index in [-0.39, 0.29) is 24.5 Å². The first kappa shape index (κ1) is 16.6. The standard InChI is InChI=1S/C18H24N2O4/c1-3-19(4-2)17(21)13-8-7-11-20(13)18(22)16-12-23-14-9-5-6-10-15(14)24-16/h5-6,9-10,13,16H,3-4,7-8,11-12H2,1-2H3/t13-,16+/m0/s1. The molecule has 1 aromatic carbocycles. The van der Waals surface area contributed by atoms with Crippen LogP contribution in [0.3, 0.4) is 0 Å². The predicted molar refractivity (Wildman–Crippen MR) is 89.0 cm³/mol. The zero-order valence-corrected chi connectivity index (χ0v) is 14.2. The number of rotatable bonds is 4. The molecule has 1 fully saturated rings. The summed E-state index contributed by atoms with van der Waals surface area (Å²) in [5.74, 6) is 1.10. The topological polar surface area (TPSA) is 59.1 Å². The molecule has 0 aliphatic carbocycles. The third-order valence-corrected chi connectivity index (χ3v) is 4.68. The maximum atomic E-state index is 12.9. The summed E-state index contributed by atoms with van der Waals surface area (Å²) in [6.45, 7) is 6.00. The van der Waals surface area contributed by atoms with Gasteiger partial charge in [0.05, 0.1) is 0 Å². The van der Waals surface area contributed by atoms with Crippen LogP contribution in [-0.4, -0.2) is 60.0 Å². The minimum absolute atomic E-state index is 0.0305. The molecule has 130 valence electrons. The Morgan fingerprint density at radius 1 is 1.21 bits per heavy atom. The molecule has 3 rings (SSSR count). The fraction of sp³-hybridized carbons (Fsp3) is 0.556. The van der Waals surface area contributed by atoms with Crippen molar-refractivity contribution in [1.29, 1.82) is 0 Å². The van der Waals surface area contributed by atoms with Crippen LogP contribution in [0, 0.1) is 0 Å². The molecule has 0 spiro atoms. The SMILES string of the molecule is CCN(CC)C(=O)[C@@H]1CCCN1C(=O)[C@H]1COc2ccccc2O1. The van der Waals surface area contributed by atoms with Crippen molar-refractivity contribution in [3.05, 3.63) is 24.3 Å². The van der Waals surface area contributed by atoms with E-state index in [1.165, 1.54) is 0 Å². The van der Waals surface area contributed by atoms with Gasteiger partial charge in [-0.1, -0.05) is 12.1 Å². The van der Waals surface area contributed by atoms with E-state index in [2.05, 4.69) is 0 Å². The van der Waals surface area contributed by atoms with Crippen molar-refractivity contribution in [2.45, 2.75) is 38.8 Å². The van der Waals surface area contributed by atoms with Crippen LogP contribution in [0.4, 0.5) is 0 Å². The first-order valence-corrected chi connectivity index (χ1v) is 8.63. The van der Waals surface area contributed by atoms with Crippen LogP contribution >= 0.6 is 0 Å². The van der Waals surface area contributed by atoms with Gasteiger partial charge in [-0.05, 0) is 38.8 Å². The fourth-order valence-electron chi connectivity index (χ4n) is 3.36. The van der Waals surface area contributed by atoms with Crippen LogP contribution in [0.25, 0.3) is 0 Å². The zero-order chi connectivity index (χ0) is 17.1. The summed E-state index contributed by atoms with van der Waals surface area (Å²) in [6, 6.07) is 6.94. The van der Waals surface area contributed by atoms with Crippen molar-refractivity contribution in [3.63, 3.8) is 0 Å². The molecule has 24 heavy (non-hydrogen) atoms. The number of amides is 2. The van der Waals surface area contributed by atoms with Crippen LogP contribution < -0.4 is 9.47 Å². The van der Waals surface area contributed by atoms with Gasteiger partial charge < -0.3 is 19.3 Å². The van der Waals surface area contributed by atoms with Gasteiger partial charge >= 0.3 is 0 Å². The second-order valence-corrected chi connectivity index (χ2v) is 6.06. The van der Waals surface area contributed by atoms with Gasteiger partial charge in [0.2, 0.25) is 12.0 Å². The highest BCUT2D eigenvalue weighted by Gasteiger charge is 2.40. The van der Waals surface area contributed by atoms with Crippen molar-refractivity contribution in [2.24, 2.45) is 0 Å². The van der Waals surface area contributed by atoms with Gasteiger partial charge in [0.15, 0.2) is 11.5 Å². The second-order valence-electron chi connectivity index (χ2n) is 6.06. The van der Waals surface area contributed by atoms with Gasteiger partial charge in [-0.25, -0.2) is 0 Å². The highest BCUT2D eigenvalue weighted by molar-refractivity contribution is 5.90. The number of hydrogen-bond acceptors (Lipinski definition) is 4. The molecular formula is C18H24N2O4. The van der Waals surface area contributed by atoms with Crippen LogP contribution in [0.1, 0.15) is 26.7 Å². The Hall–Kier alpha value is -2.24. The van der Waals surface area contributed by atoms with Gasteiger partial charge in [0.25, 0.3) is 5.91 Å². The first-order valence-electron chi connectivity index (χ1n) is 8.63. The Balaban J connectivity index is 1.71. The number of likely N-dealkylation sites (N-methyl/N-ethyl adjacent to an activating group) is 1. The number of likely N-dealkylation sites (tertiary alicyclic amines) is 1. The molecule has 0 N–H and O–H groups in total. The van der Waals surface area contributed by atoms with Crippen molar-refractivity contribution in [2.75, 3.05) is 26.2 Å². The lowest BCUT2D eigenvalue weighted by Gasteiger charge is -2.33. The molecule has 2 heterocycles. The molecule has 1 aromatic rings. The molecule has 0 bridgehead atoms. The molecule has 1 saturated heterocycles. The summed E-state index contributed by atoms with van der Waals surface area (Å²) in [5.41, 5.74) is 0. The average molecular weight is 332 g/mol. The Kier molecular flexibility index (Phi) is 4.92. The van der Waals surface area contributed by atoms with Gasteiger partial charge in [-0.3, -0.25) is 9.59 Å². The van der Waals surface area contributed by atoms with Gasteiger partial charge in [-0.2, -0.15) is 0 Å². The highest BCUT2D eigenvalue weighted by atomic mass is 16.6. The molecule has 2 atom stereocenters. The minimum atomic E-state index is -0.690. The van der Waals surface area contributed by atoms with Gasteiger partial charge in [-0.15, -0.1) is 0 Å². The van der Waals surface area contributed by atoms with E-state index in [9.17, 15) is 9.59 Å². The molecule has 2 aliphatic heterocycles.